The number of ether oxygens (including phenoxy) is 1. The van der Waals surface area contributed by atoms with Gasteiger partial charge in [-0.2, -0.15) is 0 Å². The summed E-state index contributed by atoms with van der Waals surface area (Å²) in [4.78, 5) is 0. The largest absolute Gasteiger partial charge is 0.489 e. The van der Waals surface area contributed by atoms with Crippen LogP contribution in [0.15, 0.2) is 48.5 Å². The molecule has 5 heteroatoms. The van der Waals surface area contributed by atoms with Gasteiger partial charge in [0, 0.05) is 24.7 Å². The highest BCUT2D eigenvalue weighted by molar-refractivity contribution is 5.28. The number of halogens is 1. The molecule has 2 rings (SSSR count). The molecule has 0 amide bonds. The van der Waals surface area contributed by atoms with Crippen molar-refractivity contribution in [2.24, 2.45) is 5.73 Å². The number of benzene rings is 2. The van der Waals surface area contributed by atoms with Crippen molar-refractivity contribution in [3.8, 4) is 5.75 Å². The second-order valence-corrected chi connectivity index (χ2v) is 5.49. The fraction of sp³-hybridized carbons (Fsp3) is 0.333. The average molecular weight is 318 g/mol. The van der Waals surface area contributed by atoms with Crippen molar-refractivity contribution in [3.63, 3.8) is 0 Å². The first-order chi connectivity index (χ1) is 11.1. The molecule has 0 aliphatic rings. The van der Waals surface area contributed by atoms with E-state index in [1.165, 1.54) is 6.07 Å². The first kappa shape index (κ1) is 17.4. The lowest BCUT2D eigenvalue weighted by molar-refractivity contribution is 0.147. The second kappa shape index (κ2) is 8.62. The summed E-state index contributed by atoms with van der Waals surface area (Å²) in [5.74, 6) is 0.419. The van der Waals surface area contributed by atoms with Gasteiger partial charge in [0.1, 0.15) is 18.2 Å². The van der Waals surface area contributed by atoms with Gasteiger partial charge in [-0.25, -0.2) is 4.39 Å². The molecular formula is C18H23FN2O2. The van der Waals surface area contributed by atoms with Crippen molar-refractivity contribution in [2.75, 3.05) is 6.54 Å². The lowest BCUT2D eigenvalue weighted by atomic mass is 10.1. The molecule has 0 bridgehead atoms. The molecule has 4 nitrogen and oxygen atoms in total. The van der Waals surface area contributed by atoms with Crippen LogP contribution in [0.2, 0.25) is 0 Å². The second-order valence-electron chi connectivity index (χ2n) is 5.49. The van der Waals surface area contributed by atoms with Crippen LogP contribution in [0, 0.1) is 5.82 Å². The molecule has 0 aliphatic carbocycles. The highest BCUT2D eigenvalue weighted by atomic mass is 19.1. The van der Waals surface area contributed by atoms with Crippen LogP contribution in [-0.2, 0) is 13.2 Å². The van der Waals surface area contributed by atoms with Gasteiger partial charge in [0.15, 0.2) is 0 Å². The summed E-state index contributed by atoms with van der Waals surface area (Å²) in [7, 11) is 0. The highest BCUT2D eigenvalue weighted by Crippen LogP contribution is 2.15. The summed E-state index contributed by atoms with van der Waals surface area (Å²) in [6.45, 7) is 2.90. The zero-order chi connectivity index (χ0) is 16.7. The van der Waals surface area contributed by atoms with Crippen molar-refractivity contribution in [2.45, 2.75) is 32.2 Å². The van der Waals surface area contributed by atoms with E-state index in [1.54, 1.807) is 25.1 Å². The molecule has 2 aromatic carbocycles. The van der Waals surface area contributed by atoms with Crippen LogP contribution in [0.5, 0.6) is 5.75 Å². The summed E-state index contributed by atoms with van der Waals surface area (Å²) in [6, 6.07) is 14.0. The monoisotopic (exact) mass is 318 g/mol. The minimum absolute atomic E-state index is 0.132. The molecule has 0 spiro atoms. The van der Waals surface area contributed by atoms with Crippen LogP contribution in [0.3, 0.4) is 0 Å². The first-order valence-electron chi connectivity index (χ1n) is 7.67. The first-order valence-corrected chi connectivity index (χ1v) is 7.67. The Hall–Kier alpha value is -1.95. The van der Waals surface area contributed by atoms with E-state index in [9.17, 15) is 9.50 Å². The zero-order valence-corrected chi connectivity index (χ0v) is 13.2. The molecule has 0 heterocycles. The van der Waals surface area contributed by atoms with Gasteiger partial charge in [-0.05, 0) is 30.7 Å². The van der Waals surface area contributed by atoms with E-state index in [1.807, 2.05) is 24.3 Å². The van der Waals surface area contributed by atoms with Crippen LogP contribution >= 0.6 is 0 Å². The van der Waals surface area contributed by atoms with Gasteiger partial charge in [-0.3, -0.25) is 0 Å². The molecule has 2 aromatic rings. The van der Waals surface area contributed by atoms with E-state index in [4.69, 9.17) is 10.5 Å². The van der Waals surface area contributed by atoms with Crippen LogP contribution in [-0.4, -0.2) is 23.8 Å². The van der Waals surface area contributed by atoms with Crippen LogP contribution < -0.4 is 15.8 Å². The molecule has 2 atom stereocenters. The minimum atomic E-state index is -0.497. The lowest BCUT2D eigenvalue weighted by Crippen LogP contribution is -2.43. The van der Waals surface area contributed by atoms with E-state index >= 15 is 0 Å². The van der Waals surface area contributed by atoms with Gasteiger partial charge in [-0.1, -0.05) is 30.3 Å². The fourth-order valence-electron chi connectivity index (χ4n) is 2.18. The zero-order valence-electron chi connectivity index (χ0n) is 13.2. The highest BCUT2D eigenvalue weighted by Gasteiger charge is 2.11. The van der Waals surface area contributed by atoms with E-state index in [0.29, 0.717) is 24.4 Å². The number of nitrogens with one attached hydrogen (secondary N) is 1. The Bertz CT molecular complexity index is 602. The average Bonchev–Trinajstić information content (AvgIpc) is 2.55. The minimum Gasteiger partial charge on any atom is -0.489 e. The SMILES string of the molecule is CC(O)C(CN)NCc1ccc(OCc2ccccc2F)cc1. The van der Waals surface area contributed by atoms with Crippen molar-refractivity contribution < 1.29 is 14.2 Å². The van der Waals surface area contributed by atoms with Gasteiger partial charge >= 0.3 is 0 Å². The number of hydrogen-bond donors (Lipinski definition) is 3. The topological polar surface area (TPSA) is 67.5 Å². The summed E-state index contributed by atoms with van der Waals surface area (Å²) >= 11 is 0. The van der Waals surface area contributed by atoms with Crippen molar-refractivity contribution in [3.05, 3.63) is 65.5 Å². The fourth-order valence-corrected chi connectivity index (χ4v) is 2.18. The third-order valence-electron chi connectivity index (χ3n) is 3.68. The predicted octanol–water partition coefficient (Wildman–Crippen LogP) is 2.20. The van der Waals surface area contributed by atoms with Crippen molar-refractivity contribution >= 4 is 0 Å². The summed E-state index contributed by atoms with van der Waals surface area (Å²) in [5.41, 5.74) is 7.18. The number of nitrogens with two attached hydrogens (primary N) is 1. The number of rotatable bonds is 8. The molecule has 0 saturated heterocycles. The molecule has 2 unspecified atom stereocenters. The van der Waals surface area contributed by atoms with E-state index in [2.05, 4.69) is 5.32 Å². The third kappa shape index (κ3) is 5.32. The maximum absolute atomic E-state index is 13.5. The normalized spacial score (nSPS) is 13.6. The van der Waals surface area contributed by atoms with E-state index in [-0.39, 0.29) is 18.5 Å². The van der Waals surface area contributed by atoms with Gasteiger partial charge < -0.3 is 20.9 Å². The molecule has 4 N–H and O–H groups in total. The Balaban J connectivity index is 1.86. The molecule has 0 radical (unpaired) electrons. The van der Waals surface area contributed by atoms with Crippen LogP contribution in [0.1, 0.15) is 18.1 Å². The summed E-state index contributed by atoms with van der Waals surface area (Å²) < 4.78 is 19.1. The number of aliphatic hydroxyl groups is 1. The number of hydrogen-bond acceptors (Lipinski definition) is 4. The van der Waals surface area contributed by atoms with Crippen LogP contribution in [0.4, 0.5) is 4.39 Å². The Morgan fingerprint density at radius 2 is 1.87 bits per heavy atom. The molecule has 124 valence electrons. The Morgan fingerprint density at radius 1 is 1.17 bits per heavy atom. The van der Waals surface area contributed by atoms with Crippen LogP contribution in [0.25, 0.3) is 0 Å². The molecule has 0 aromatic heterocycles. The summed E-state index contributed by atoms with van der Waals surface area (Å²) in [6.07, 6.45) is -0.497. The Labute approximate surface area is 136 Å². The quantitative estimate of drug-likeness (QED) is 0.698. The summed E-state index contributed by atoms with van der Waals surface area (Å²) in [5, 5.41) is 12.7. The Morgan fingerprint density at radius 3 is 2.48 bits per heavy atom. The molecule has 0 aliphatic heterocycles. The predicted molar refractivity (Wildman–Crippen MR) is 88.5 cm³/mol. The van der Waals surface area contributed by atoms with E-state index < -0.39 is 6.10 Å². The molecule has 0 fully saturated rings. The molecule has 23 heavy (non-hydrogen) atoms. The van der Waals surface area contributed by atoms with Crippen molar-refractivity contribution in [1.29, 1.82) is 0 Å². The number of aliphatic hydroxyl groups excluding tert-OH is 1. The third-order valence-corrected chi connectivity index (χ3v) is 3.68. The van der Waals surface area contributed by atoms with Gasteiger partial charge in [0.2, 0.25) is 0 Å². The van der Waals surface area contributed by atoms with Gasteiger partial charge in [0.25, 0.3) is 0 Å². The maximum Gasteiger partial charge on any atom is 0.129 e. The maximum atomic E-state index is 13.5. The smallest absolute Gasteiger partial charge is 0.129 e. The molecular weight excluding hydrogens is 295 g/mol. The molecule has 0 saturated carbocycles. The van der Waals surface area contributed by atoms with E-state index in [0.717, 1.165) is 5.56 Å². The Kier molecular flexibility index (Phi) is 6.52. The lowest BCUT2D eigenvalue weighted by Gasteiger charge is -2.19. The van der Waals surface area contributed by atoms with Gasteiger partial charge in [0.05, 0.1) is 6.10 Å². The standard InChI is InChI=1S/C18H23FN2O2/c1-13(22)18(10-20)21-11-14-6-8-16(9-7-14)23-12-15-4-2-3-5-17(15)19/h2-9,13,18,21-22H,10-12,20H2,1H3. The van der Waals surface area contributed by atoms with Gasteiger partial charge in [-0.15, -0.1) is 0 Å². The van der Waals surface area contributed by atoms with Crippen molar-refractivity contribution in [1.82, 2.24) is 5.32 Å².